The number of nitro benzene ring substituents is 1. The lowest BCUT2D eigenvalue weighted by Gasteiger charge is -2.32. The smallest absolute Gasteiger partial charge is 0.338 e. The number of furan rings is 1. The summed E-state index contributed by atoms with van der Waals surface area (Å²) in [6.07, 6.45) is 1.99. The molecule has 0 aliphatic carbocycles. The average molecular weight is 565 g/mol. The van der Waals surface area contributed by atoms with Crippen molar-refractivity contribution in [2.24, 2.45) is 5.92 Å². The number of hydrogen-bond donors (Lipinski definition) is 1. The molecule has 1 unspecified atom stereocenters. The normalized spacial score (nSPS) is 14.6. The number of nitrogens with zero attached hydrogens (tertiary/aromatic N) is 3. The first kappa shape index (κ1) is 28.1. The van der Waals surface area contributed by atoms with Gasteiger partial charge in [0.05, 0.1) is 10.5 Å². The van der Waals surface area contributed by atoms with Crippen molar-refractivity contribution in [2.45, 2.75) is 19.8 Å². The summed E-state index contributed by atoms with van der Waals surface area (Å²) in [5.41, 5.74) is 2.29. The molecular weight excluding hydrogens is 536 g/mol. The molecule has 42 heavy (non-hydrogen) atoms. The van der Waals surface area contributed by atoms with E-state index in [9.17, 15) is 25.0 Å². The van der Waals surface area contributed by atoms with Gasteiger partial charge >= 0.3 is 5.97 Å². The molecule has 1 amide bonds. The third-order valence-electron chi connectivity index (χ3n) is 7.11. The molecule has 0 bridgehead atoms. The van der Waals surface area contributed by atoms with E-state index < -0.39 is 23.4 Å². The van der Waals surface area contributed by atoms with Gasteiger partial charge in [0, 0.05) is 30.3 Å². The second-order valence-electron chi connectivity index (χ2n) is 10.1. The number of carbonyl (C=O) groups is 2. The summed E-state index contributed by atoms with van der Waals surface area (Å²) < 4.78 is 11.2. The molecular formula is C32H28N4O6. The highest BCUT2D eigenvalue weighted by Gasteiger charge is 2.27. The van der Waals surface area contributed by atoms with Crippen LogP contribution in [0.25, 0.3) is 22.5 Å². The molecule has 2 heterocycles. The number of anilines is 2. The van der Waals surface area contributed by atoms with Gasteiger partial charge in [0.2, 0.25) is 5.88 Å². The first-order valence-corrected chi connectivity index (χ1v) is 13.5. The molecule has 1 atom stereocenters. The third kappa shape index (κ3) is 6.00. The standard InChI is InChI=1S/C32H28N4O6/c1-21-9-8-16-35(19-21)26-15-14-24(17-27(26)36(39)40)32(38)41-20-28(37)34-31-25(18-33)29(22-10-4-2-5-11-22)30(42-31)23-12-6-3-7-13-23/h2-7,10-15,17,21H,8-9,16,19-20H2,1H3,(H,34,37). The van der Waals surface area contributed by atoms with Crippen molar-refractivity contribution >= 4 is 29.1 Å². The Hall–Kier alpha value is -5.43. The van der Waals surface area contributed by atoms with Gasteiger partial charge in [-0.25, -0.2) is 4.79 Å². The highest BCUT2D eigenvalue weighted by atomic mass is 16.6. The maximum atomic E-state index is 12.8. The van der Waals surface area contributed by atoms with Crippen LogP contribution in [0.3, 0.4) is 0 Å². The zero-order valence-corrected chi connectivity index (χ0v) is 22.9. The molecule has 0 saturated carbocycles. The minimum atomic E-state index is -0.887. The van der Waals surface area contributed by atoms with E-state index in [1.165, 1.54) is 12.1 Å². The van der Waals surface area contributed by atoms with Crippen LogP contribution in [-0.4, -0.2) is 36.5 Å². The number of amides is 1. The highest BCUT2D eigenvalue weighted by Crippen LogP contribution is 2.41. The van der Waals surface area contributed by atoms with Gasteiger partial charge in [-0.05, 0) is 36.5 Å². The molecule has 212 valence electrons. The summed E-state index contributed by atoms with van der Waals surface area (Å²) in [5.74, 6) is -0.888. The van der Waals surface area contributed by atoms with Crippen LogP contribution >= 0.6 is 0 Å². The van der Waals surface area contributed by atoms with Gasteiger partial charge in [-0.1, -0.05) is 67.6 Å². The number of hydrogen-bond acceptors (Lipinski definition) is 8. The van der Waals surface area contributed by atoms with Gasteiger partial charge in [-0.3, -0.25) is 20.2 Å². The molecule has 0 spiro atoms. The van der Waals surface area contributed by atoms with Crippen molar-refractivity contribution in [3.05, 3.63) is 100 Å². The van der Waals surface area contributed by atoms with Crippen molar-refractivity contribution in [3.8, 4) is 28.5 Å². The molecule has 1 fully saturated rings. The number of nitriles is 1. The van der Waals surface area contributed by atoms with Gasteiger partial charge in [0.1, 0.15) is 23.1 Å². The van der Waals surface area contributed by atoms with Crippen molar-refractivity contribution < 1.29 is 23.7 Å². The summed E-state index contributed by atoms with van der Waals surface area (Å²) >= 11 is 0. The van der Waals surface area contributed by atoms with Crippen LogP contribution < -0.4 is 10.2 Å². The van der Waals surface area contributed by atoms with E-state index in [-0.39, 0.29) is 22.7 Å². The summed E-state index contributed by atoms with van der Waals surface area (Å²) in [6.45, 7) is 2.80. The van der Waals surface area contributed by atoms with E-state index in [2.05, 4.69) is 18.3 Å². The third-order valence-corrected chi connectivity index (χ3v) is 7.11. The van der Waals surface area contributed by atoms with E-state index in [0.717, 1.165) is 18.4 Å². The van der Waals surface area contributed by atoms with Crippen LogP contribution in [0.2, 0.25) is 0 Å². The quantitative estimate of drug-likeness (QED) is 0.147. The number of nitrogens with one attached hydrogen (secondary N) is 1. The number of nitro groups is 1. The number of ether oxygens (including phenoxy) is 1. The fourth-order valence-corrected chi connectivity index (χ4v) is 5.15. The highest BCUT2D eigenvalue weighted by molar-refractivity contribution is 5.98. The van der Waals surface area contributed by atoms with E-state index in [1.807, 2.05) is 65.6 Å². The molecule has 10 heteroatoms. The predicted octanol–water partition coefficient (Wildman–Crippen LogP) is 6.43. The first-order valence-electron chi connectivity index (χ1n) is 13.5. The van der Waals surface area contributed by atoms with E-state index in [1.54, 1.807) is 6.07 Å². The zero-order chi connectivity index (χ0) is 29.6. The Balaban J connectivity index is 1.33. The van der Waals surface area contributed by atoms with E-state index >= 15 is 0 Å². The molecule has 1 aromatic heterocycles. The van der Waals surface area contributed by atoms with Gasteiger partial charge in [0.15, 0.2) is 6.61 Å². The molecule has 1 saturated heterocycles. The molecule has 10 nitrogen and oxygen atoms in total. The molecule has 5 rings (SSSR count). The Morgan fingerprint density at radius 3 is 2.43 bits per heavy atom. The van der Waals surface area contributed by atoms with Crippen molar-refractivity contribution in [3.63, 3.8) is 0 Å². The Kier molecular flexibility index (Phi) is 8.29. The largest absolute Gasteiger partial charge is 0.452 e. The maximum Gasteiger partial charge on any atom is 0.338 e. The Bertz CT molecular complexity index is 1660. The minimum Gasteiger partial charge on any atom is -0.452 e. The van der Waals surface area contributed by atoms with Gasteiger partial charge in [-0.15, -0.1) is 0 Å². The Labute approximate surface area is 242 Å². The second-order valence-corrected chi connectivity index (χ2v) is 10.1. The van der Waals surface area contributed by atoms with Crippen LogP contribution in [0.1, 0.15) is 35.7 Å². The maximum absolute atomic E-state index is 12.8. The number of rotatable bonds is 8. The number of benzene rings is 3. The molecule has 4 aromatic rings. The van der Waals surface area contributed by atoms with Crippen LogP contribution in [0.15, 0.2) is 83.3 Å². The summed E-state index contributed by atoms with van der Waals surface area (Å²) in [6, 6.07) is 24.7. The number of esters is 1. The van der Waals surface area contributed by atoms with Gasteiger partial charge in [-0.2, -0.15) is 5.26 Å². The number of carbonyl (C=O) groups excluding carboxylic acids is 2. The van der Waals surface area contributed by atoms with Gasteiger partial charge < -0.3 is 14.1 Å². The zero-order valence-electron chi connectivity index (χ0n) is 22.9. The SMILES string of the molecule is CC1CCCN(c2ccc(C(=O)OCC(=O)Nc3oc(-c4ccccc4)c(-c4ccccc4)c3C#N)cc2[N+](=O)[O-])C1. The van der Waals surface area contributed by atoms with Crippen molar-refractivity contribution in [2.75, 3.05) is 29.9 Å². The summed E-state index contributed by atoms with van der Waals surface area (Å²) in [5, 5.41) is 24.3. The van der Waals surface area contributed by atoms with E-state index in [0.29, 0.717) is 41.6 Å². The number of piperidine rings is 1. The second kappa shape index (κ2) is 12.4. The fraction of sp³-hybridized carbons (Fsp3) is 0.219. The minimum absolute atomic E-state index is 0.0447. The average Bonchev–Trinajstić information content (AvgIpc) is 3.38. The lowest BCUT2D eigenvalue weighted by molar-refractivity contribution is -0.384. The van der Waals surface area contributed by atoms with Crippen LogP contribution in [0.5, 0.6) is 0 Å². The lowest BCUT2D eigenvalue weighted by atomic mass is 9.98. The Morgan fingerprint density at radius 2 is 1.79 bits per heavy atom. The summed E-state index contributed by atoms with van der Waals surface area (Å²) in [7, 11) is 0. The van der Waals surface area contributed by atoms with Crippen LogP contribution in [-0.2, 0) is 9.53 Å². The van der Waals surface area contributed by atoms with Crippen molar-refractivity contribution in [1.82, 2.24) is 0 Å². The molecule has 1 N–H and O–H groups in total. The predicted molar refractivity (Wildman–Crippen MR) is 157 cm³/mol. The lowest BCUT2D eigenvalue weighted by Crippen LogP contribution is -2.34. The summed E-state index contributed by atoms with van der Waals surface area (Å²) in [4.78, 5) is 38.8. The van der Waals surface area contributed by atoms with E-state index in [4.69, 9.17) is 9.15 Å². The van der Waals surface area contributed by atoms with Crippen LogP contribution in [0.4, 0.5) is 17.3 Å². The monoisotopic (exact) mass is 564 g/mol. The first-order chi connectivity index (χ1) is 20.4. The fourth-order valence-electron chi connectivity index (χ4n) is 5.15. The Morgan fingerprint density at radius 1 is 1.10 bits per heavy atom. The molecule has 0 radical (unpaired) electrons. The molecule has 3 aromatic carbocycles. The van der Waals surface area contributed by atoms with Gasteiger partial charge in [0.25, 0.3) is 11.6 Å². The van der Waals surface area contributed by atoms with Crippen LogP contribution in [0, 0.1) is 27.4 Å². The molecule has 1 aliphatic heterocycles. The van der Waals surface area contributed by atoms with Crippen molar-refractivity contribution in [1.29, 1.82) is 5.26 Å². The molecule has 1 aliphatic rings. The topological polar surface area (TPSA) is 139 Å².